The molecule has 0 aromatic carbocycles. The van der Waals surface area contributed by atoms with E-state index in [0.29, 0.717) is 16.8 Å². The number of hydrogen-bond acceptors (Lipinski definition) is 8. The number of allylic oxidation sites excluding steroid dienone is 4. The average Bonchev–Trinajstić information content (AvgIpc) is 3.38. The Morgan fingerprint density at radius 1 is 1.29 bits per heavy atom. The zero-order valence-electron chi connectivity index (χ0n) is 21.5. The van der Waals surface area contributed by atoms with Gasteiger partial charge in [0.05, 0.1) is 11.1 Å². The summed E-state index contributed by atoms with van der Waals surface area (Å²) < 4.78 is 52.6. The molecule has 3 fully saturated rings. The normalized spacial score (nSPS) is 43.6. The first kappa shape index (κ1) is 27.6. The molecule has 0 bridgehead atoms. The van der Waals surface area contributed by atoms with Crippen LogP contribution in [0.2, 0.25) is 0 Å². The Kier molecular flexibility index (Phi) is 6.55. The molecule has 206 valence electrons. The third-order valence-corrected chi connectivity index (χ3v) is 11.2. The lowest BCUT2D eigenvalue weighted by molar-refractivity contribution is -0.221. The molecule has 0 unspecified atom stereocenters. The van der Waals surface area contributed by atoms with Crippen molar-refractivity contribution < 1.29 is 37.4 Å². The van der Waals surface area contributed by atoms with E-state index in [1.165, 1.54) is 35.8 Å². The number of thiazole rings is 1. The Morgan fingerprint density at radius 2 is 2.00 bits per heavy atom. The van der Waals surface area contributed by atoms with Crippen molar-refractivity contribution in [2.24, 2.45) is 28.6 Å². The number of rotatable bonds is 4. The summed E-state index contributed by atoms with van der Waals surface area (Å²) in [7, 11) is 0. The number of carbonyl (C=O) groups is 3. The molecule has 0 radical (unpaired) electrons. The molecule has 5 rings (SSSR count). The van der Waals surface area contributed by atoms with Gasteiger partial charge in [-0.15, -0.1) is 11.3 Å². The van der Waals surface area contributed by atoms with Crippen molar-refractivity contribution in [3.8, 4) is 0 Å². The third-order valence-electron chi connectivity index (χ3n) is 9.74. The van der Waals surface area contributed by atoms with Crippen LogP contribution in [0.4, 0.5) is 13.2 Å². The van der Waals surface area contributed by atoms with Gasteiger partial charge < -0.3 is 9.84 Å². The molecule has 4 aliphatic carbocycles. The Hall–Kier alpha value is -1.98. The van der Waals surface area contributed by atoms with Gasteiger partial charge in [-0.05, 0) is 68.5 Å². The molecular weight excluding hydrogens is 539 g/mol. The molecule has 11 heteroatoms. The van der Waals surface area contributed by atoms with Crippen molar-refractivity contribution >= 4 is 40.0 Å². The number of aryl methyl sites for hydroxylation is 1. The summed E-state index contributed by atoms with van der Waals surface area (Å²) in [6.07, 6.45) is -0.0485. The average molecular weight is 570 g/mol. The van der Waals surface area contributed by atoms with E-state index in [-0.39, 0.29) is 30.5 Å². The van der Waals surface area contributed by atoms with Crippen LogP contribution in [0.1, 0.15) is 55.5 Å². The van der Waals surface area contributed by atoms with Crippen LogP contribution in [0.15, 0.2) is 29.2 Å². The maximum Gasteiger partial charge on any atom is 0.358 e. The van der Waals surface area contributed by atoms with Gasteiger partial charge in [-0.2, -0.15) is 0 Å². The Bertz CT molecular complexity index is 1270. The Morgan fingerprint density at radius 3 is 2.63 bits per heavy atom. The highest BCUT2D eigenvalue weighted by molar-refractivity contribution is 8.13. The number of aliphatic hydroxyl groups excluding tert-OH is 1. The van der Waals surface area contributed by atoms with Gasteiger partial charge in [-0.25, -0.2) is 22.9 Å². The van der Waals surface area contributed by atoms with E-state index >= 15 is 8.78 Å². The second-order valence-electron chi connectivity index (χ2n) is 11.4. The molecule has 1 heterocycles. The Balaban J connectivity index is 1.63. The van der Waals surface area contributed by atoms with Crippen molar-refractivity contribution in [1.29, 1.82) is 0 Å². The summed E-state index contributed by atoms with van der Waals surface area (Å²) in [5, 5.41) is 12.9. The maximum atomic E-state index is 17.4. The molecule has 0 amide bonds. The van der Waals surface area contributed by atoms with Gasteiger partial charge in [-0.3, -0.25) is 9.59 Å². The van der Waals surface area contributed by atoms with E-state index in [9.17, 15) is 23.9 Å². The molecule has 1 aromatic heterocycles. The number of fused-ring (bicyclic) bond motifs is 5. The minimum atomic E-state index is -2.34. The van der Waals surface area contributed by atoms with Crippen molar-refractivity contribution in [2.45, 2.75) is 70.5 Å². The fourth-order valence-corrected chi connectivity index (χ4v) is 9.40. The second kappa shape index (κ2) is 9.02. The summed E-state index contributed by atoms with van der Waals surface area (Å²) in [6, 6.07) is -1.06. The zero-order valence-corrected chi connectivity index (χ0v) is 23.1. The molecular formula is C27H30F3NO5S2. The van der Waals surface area contributed by atoms with Crippen LogP contribution in [-0.4, -0.2) is 56.5 Å². The number of ketones is 1. The SMILES string of the molecule is Cc1nc(C(=O)O[C@]2(C(=O)SCF)[C@H](C)C[C@H]3[C@@H]4C[C@H](F)C5=CC(=O)C=C[C@]5(C)[C@@]4(F)[C@@H](O)C[C@@]32C)cs1. The smallest absolute Gasteiger partial charge is 0.358 e. The second-order valence-corrected chi connectivity index (χ2v) is 13.4. The van der Waals surface area contributed by atoms with E-state index in [1.54, 1.807) is 20.8 Å². The molecule has 6 nitrogen and oxygen atoms in total. The van der Waals surface area contributed by atoms with Crippen LogP contribution < -0.4 is 0 Å². The number of carbonyl (C=O) groups excluding carboxylic acids is 3. The van der Waals surface area contributed by atoms with Crippen molar-refractivity contribution in [3.05, 3.63) is 39.9 Å². The van der Waals surface area contributed by atoms with Gasteiger partial charge in [0.15, 0.2) is 22.7 Å². The maximum absolute atomic E-state index is 17.4. The van der Waals surface area contributed by atoms with Crippen LogP contribution in [0.5, 0.6) is 0 Å². The number of ether oxygens (including phenoxy) is 1. The van der Waals surface area contributed by atoms with Gasteiger partial charge in [0.2, 0.25) is 5.12 Å². The molecule has 0 spiro atoms. The third kappa shape index (κ3) is 3.43. The quantitative estimate of drug-likeness (QED) is 0.505. The summed E-state index contributed by atoms with van der Waals surface area (Å²) in [5.74, 6) is -3.71. The molecule has 3 saturated carbocycles. The number of nitrogens with zero attached hydrogens (tertiary/aromatic N) is 1. The molecule has 9 atom stereocenters. The van der Waals surface area contributed by atoms with E-state index in [1.807, 2.05) is 0 Å². The van der Waals surface area contributed by atoms with Gasteiger partial charge in [0, 0.05) is 28.0 Å². The predicted octanol–water partition coefficient (Wildman–Crippen LogP) is 5.10. The molecule has 0 saturated heterocycles. The highest BCUT2D eigenvalue weighted by Gasteiger charge is 2.78. The topological polar surface area (TPSA) is 93.6 Å². The number of alkyl halides is 3. The number of aromatic nitrogens is 1. The van der Waals surface area contributed by atoms with Crippen molar-refractivity contribution in [2.75, 3.05) is 6.01 Å². The monoisotopic (exact) mass is 569 g/mol. The first-order chi connectivity index (χ1) is 17.8. The first-order valence-electron chi connectivity index (χ1n) is 12.6. The van der Waals surface area contributed by atoms with E-state index in [4.69, 9.17) is 4.74 Å². The number of hydrogen-bond donors (Lipinski definition) is 1. The van der Waals surface area contributed by atoms with Crippen LogP contribution in [0.3, 0.4) is 0 Å². The van der Waals surface area contributed by atoms with E-state index < -0.39 is 75.0 Å². The number of esters is 1. The summed E-state index contributed by atoms with van der Waals surface area (Å²) >= 11 is 1.59. The molecule has 4 aliphatic rings. The highest BCUT2D eigenvalue weighted by Crippen LogP contribution is 2.72. The lowest BCUT2D eigenvalue weighted by Gasteiger charge is -2.63. The van der Waals surface area contributed by atoms with Gasteiger partial charge >= 0.3 is 5.97 Å². The van der Waals surface area contributed by atoms with Gasteiger partial charge in [0.1, 0.15) is 12.2 Å². The fourth-order valence-electron chi connectivity index (χ4n) is 8.03. The summed E-state index contributed by atoms with van der Waals surface area (Å²) in [5.41, 5.74) is -7.14. The Labute approximate surface area is 227 Å². The lowest BCUT2D eigenvalue weighted by Crippen LogP contribution is -2.70. The molecule has 1 aromatic rings. The number of thioether (sulfide) groups is 1. The highest BCUT2D eigenvalue weighted by atomic mass is 32.2. The van der Waals surface area contributed by atoms with Crippen molar-refractivity contribution in [1.82, 2.24) is 4.98 Å². The zero-order chi connectivity index (χ0) is 27.8. The van der Waals surface area contributed by atoms with Gasteiger partial charge in [0.25, 0.3) is 0 Å². The number of aliphatic hydroxyl groups is 1. The van der Waals surface area contributed by atoms with Crippen LogP contribution >= 0.6 is 23.1 Å². The van der Waals surface area contributed by atoms with E-state index in [2.05, 4.69) is 4.98 Å². The van der Waals surface area contributed by atoms with Crippen molar-refractivity contribution in [3.63, 3.8) is 0 Å². The van der Waals surface area contributed by atoms with Crippen LogP contribution in [0.25, 0.3) is 0 Å². The standard InChI is InChI=1S/C27H30F3NO5S2/c1-13-7-16-17-9-19(29)18-8-15(32)5-6-24(18,3)26(17,30)21(33)10-25(16,4)27(13,23(35)38-12-28)36-22(34)20-11-37-14(2)31-20/h5-6,8,11,13,16-17,19,21,33H,7,9-10,12H2,1-4H3/t13-,16+,17+,19+,21+,24+,25+,26+,27+/m1/s1. The lowest BCUT2D eigenvalue weighted by atomic mass is 9.44. The molecule has 0 aliphatic heterocycles. The molecule has 38 heavy (non-hydrogen) atoms. The first-order valence-corrected chi connectivity index (χ1v) is 14.5. The van der Waals surface area contributed by atoms with Crippen LogP contribution in [0, 0.1) is 35.5 Å². The summed E-state index contributed by atoms with van der Waals surface area (Å²) in [4.78, 5) is 43.1. The minimum Gasteiger partial charge on any atom is -0.444 e. The van der Waals surface area contributed by atoms with Gasteiger partial charge in [-0.1, -0.05) is 19.9 Å². The number of halogens is 3. The fraction of sp³-hybridized carbons (Fsp3) is 0.630. The predicted molar refractivity (Wildman–Crippen MR) is 137 cm³/mol. The largest absolute Gasteiger partial charge is 0.444 e. The molecule has 1 N–H and O–H groups in total. The minimum absolute atomic E-state index is 0.00107. The van der Waals surface area contributed by atoms with Crippen LogP contribution in [-0.2, 0) is 14.3 Å². The van der Waals surface area contributed by atoms with E-state index in [0.717, 1.165) is 6.08 Å². The summed E-state index contributed by atoms with van der Waals surface area (Å²) in [6.45, 7) is 6.55.